The molecule has 0 heterocycles. The van der Waals surface area contributed by atoms with Crippen molar-refractivity contribution in [3.8, 4) is 0 Å². The summed E-state index contributed by atoms with van der Waals surface area (Å²) in [6.07, 6.45) is 3.43. The summed E-state index contributed by atoms with van der Waals surface area (Å²) in [5.74, 6) is -1.16. The van der Waals surface area contributed by atoms with Crippen LogP contribution in [0.1, 0.15) is 43.8 Å². The van der Waals surface area contributed by atoms with E-state index in [-0.39, 0.29) is 28.3 Å². The first-order chi connectivity index (χ1) is 14.0. The molecule has 0 radical (unpaired) electrons. The first kappa shape index (κ1) is 20.8. The van der Waals surface area contributed by atoms with E-state index >= 15 is 0 Å². The van der Waals surface area contributed by atoms with Gasteiger partial charge in [0.25, 0.3) is 11.6 Å². The zero-order valence-corrected chi connectivity index (χ0v) is 16.4. The lowest BCUT2D eigenvalue weighted by Crippen LogP contribution is -2.29. The molecule has 1 N–H and O–H groups in total. The predicted octanol–water partition coefficient (Wildman–Crippen LogP) is 5.05. The fourth-order valence-corrected chi connectivity index (χ4v) is 3.59. The molecule has 2 aromatic rings. The van der Waals surface area contributed by atoms with Gasteiger partial charge in [0.15, 0.2) is 0 Å². The van der Waals surface area contributed by atoms with Gasteiger partial charge in [0.05, 0.1) is 21.6 Å². The van der Waals surface area contributed by atoms with Crippen LogP contribution in [-0.4, -0.2) is 16.8 Å². The second-order valence-corrected chi connectivity index (χ2v) is 7.38. The Morgan fingerprint density at radius 1 is 1.10 bits per heavy atom. The van der Waals surface area contributed by atoms with Gasteiger partial charge in [0.1, 0.15) is 0 Å². The number of nitrogens with zero attached hydrogens (tertiary/aromatic N) is 1. The highest BCUT2D eigenvalue weighted by atomic mass is 35.5. The smallest absolute Gasteiger partial charge is 0.310 e. The van der Waals surface area contributed by atoms with E-state index in [1.807, 2.05) is 0 Å². The summed E-state index contributed by atoms with van der Waals surface area (Å²) in [5.41, 5.74) is 0.556. The van der Waals surface area contributed by atoms with Crippen molar-refractivity contribution in [3.05, 3.63) is 69.2 Å². The van der Waals surface area contributed by atoms with Gasteiger partial charge in [-0.1, -0.05) is 61.2 Å². The van der Waals surface area contributed by atoms with Crippen LogP contribution < -0.4 is 5.32 Å². The van der Waals surface area contributed by atoms with Crippen LogP contribution in [0.25, 0.3) is 0 Å². The van der Waals surface area contributed by atoms with Crippen LogP contribution in [-0.2, 0) is 14.3 Å². The number of carbonyl (C=O) groups excluding carboxylic acids is 2. The molecule has 0 spiro atoms. The lowest BCUT2D eigenvalue weighted by atomic mass is 9.89. The van der Waals surface area contributed by atoms with E-state index < -0.39 is 16.9 Å². The fourth-order valence-electron chi connectivity index (χ4n) is 3.37. The standard InChI is InChI=1S/C21H21ClN2O5/c22-17-13-16(24(27)28)11-12-18(17)23-20(25)19(14-7-3-1-4-8-14)29-21(26)15-9-5-2-6-10-15/h1,3-4,7-8,11-13,15,19H,2,5-6,9-10H2,(H,23,25). The minimum atomic E-state index is -1.14. The molecule has 8 heteroatoms. The van der Waals surface area contributed by atoms with Gasteiger partial charge in [0, 0.05) is 17.7 Å². The lowest BCUT2D eigenvalue weighted by molar-refractivity contribution is -0.384. The van der Waals surface area contributed by atoms with Crippen molar-refractivity contribution >= 4 is 34.9 Å². The van der Waals surface area contributed by atoms with Gasteiger partial charge < -0.3 is 10.1 Å². The second kappa shape index (κ2) is 9.52. The molecule has 2 aromatic carbocycles. The van der Waals surface area contributed by atoms with Crippen molar-refractivity contribution in [2.24, 2.45) is 5.92 Å². The van der Waals surface area contributed by atoms with E-state index in [0.717, 1.165) is 38.2 Å². The summed E-state index contributed by atoms with van der Waals surface area (Å²) in [4.78, 5) is 35.8. The molecular formula is C21H21ClN2O5. The number of hydrogen-bond acceptors (Lipinski definition) is 5. The molecular weight excluding hydrogens is 396 g/mol. The Bertz CT molecular complexity index is 897. The Labute approximate surface area is 173 Å². The summed E-state index contributed by atoms with van der Waals surface area (Å²) in [5, 5.41) is 13.5. The molecule has 3 rings (SSSR count). The molecule has 0 aromatic heterocycles. The highest BCUT2D eigenvalue weighted by Crippen LogP contribution is 2.30. The summed E-state index contributed by atoms with van der Waals surface area (Å²) < 4.78 is 5.61. The zero-order chi connectivity index (χ0) is 20.8. The van der Waals surface area contributed by atoms with Crippen LogP contribution in [0.4, 0.5) is 11.4 Å². The molecule has 0 aliphatic heterocycles. The SMILES string of the molecule is O=C(OC(C(=O)Nc1ccc([N+](=O)[O-])cc1Cl)c1ccccc1)C1CCCCC1. The summed E-state index contributed by atoms with van der Waals surface area (Å²) in [7, 11) is 0. The van der Waals surface area contributed by atoms with E-state index in [9.17, 15) is 19.7 Å². The third-order valence-corrected chi connectivity index (χ3v) is 5.25. The average molecular weight is 417 g/mol. The summed E-state index contributed by atoms with van der Waals surface area (Å²) in [6.45, 7) is 0. The first-order valence-electron chi connectivity index (χ1n) is 9.46. The molecule has 1 aliphatic carbocycles. The monoisotopic (exact) mass is 416 g/mol. The van der Waals surface area contributed by atoms with Crippen LogP contribution in [0.2, 0.25) is 5.02 Å². The predicted molar refractivity (Wildman–Crippen MR) is 109 cm³/mol. The molecule has 0 bridgehead atoms. The van der Waals surface area contributed by atoms with Crippen molar-refractivity contribution in [2.75, 3.05) is 5.32 Å². The Balaban J connectivity index is 1.79. The van der Waals surface area contributed by atoms with E-state index in [2.05, 4.69) is 5.32 Å². The maximum Gasteiger partial charge on any atom is 0.310 e. The topological polar surface area (TPSA) is 98.5 Å². The van der Waals surface area contributed by atoms with Gasteiger partial charge in [-0.3, -0.25) is 19.7 Å². The molecule has 1 amide bonds. The van der Waals surface area contributed by atoms with Crippen LogP contribution >= 0.6 is 11.6 Å². The number of nitro benzene ring substituents is 1. The van der Waals surface area contributed by atoms with Crippen LogP contribution in [0.15, 0.2) is 48.5 Å². The van der Waals surface area contributed by atoms with Crippen LogP contribution in [0.5, 0.6) is 0 Å². The molecule has 1 saturated carbocycles. The third-order valence-electron chi connectivity index (χ3n) is 4.93. The number of hydrogen-bond donors (Lipinski definition) is 1. The van der Waals surface area contributed by atoms with E-state index in [0.29, 0.717) is 5.56 Å². The van der Waals surface area contributed by atoms with Gasteiger partial charge in [-0.2, -0.15) is 0 Å². The average Bonchev–Trinajstić information content (AvgIpc) is 2.74. The number of benzene rings is 2. The first-order valence-corrected chi connectivity index (χ1v) is 9.84. The van der Waals surface area contributed by atoms with E-state index in [1.54, 1.807) is 30.3 Å². The minimum Gasteiger partial charge on any atom is -0.447 e. The number of non-ortho nitro benzene ring substituents is 1. The van der Waals surface area contributed by atoms with Gasteiger partial charge >= 0.3 is 5.97 Å². The van der Waals surface area contributed by atoms with Crippen molar-refractivity contribution in [2.45, 2.75) is 38.2 Å². The van der Waals surface area contributed by atoms with Gasteiger partial charge in [0.2, 0.25) is 6.10 Å². The number of nitrogens with one attached hydrogen (secondary N) is 1. The van der Waals surface area contributed by atoms with Gasteiger partial charge in [-0.05, 0) is 18.9 Å². The van der Waals surface area contributed by atoms with Crippen molar-refractivity contribution in [1.29, 1.82) is 0 Å². The Hall–Kier alpha value is -2.93. The molecule has 29 heavy (non-hydrogen) atoms. The Morgan fingerprint density at radius 2 is 1.79 bits per heavy atom. The number of halogens is 1. The Morgan fingerprint density at radius 3 is 2.41 bits per heavy atom. The highest BCUT2D eigenvalue weighted by Gasteiger charge is 2.30. The van der Waals surface area contributed by atoms with Gasteiger partial charge in [-0.15, -0.1) is 0 Å². The number of rotatable bonds is 6. The van der Waals surface area contributed by atoms with Crippen molar-refractivity contribution in [3.63, 3.8) is 0 Å². The zero-order valence-electron chi connectivity index (χ0n) is 15.7. The summed E-state index contributed by atoms with van der Waals surface area (Å²) >= 11 is 6.07. The number of ether oxygens (including phenoxy) is 1. The van der Waals surface area contributed by atoms with E-state index in [4.69, 9.17) is 16.3 Å². The molecule has 1 unspecified atom stereocenters. The summed E-state index contributed by atoms with van der Waals surface area (Å²) in [6, 6.07) is 12.5. The molecule has 1 atom stereocenters. The molecule has 7 nitrogen and oxygen atoms in total. The minimum absolute atomic E-state index is 0.0259. The Kier molecular flexibility index (Phi) is 6.82. The lowest BCUT2D eigenvalue weighted by Gasteiger charge is -2.24. The maximum absolute atomic E-state index is 12.9. The van der Waals surface area contributed by atoms with E-state index in [1.165, 1.54) is 12.1 Å². The maximum atomic E-state index is 12.9. The number of esters is 1. The largest absolute Gasteiger partial charge is 0.447 e. The molecule has 152 valence electrons. The van der Waals surface area contributed by atoms with Gasteiger partial charge in [-0.25, -0.2) is 0 Å². The van der Waals surface area contributed by atoms with Crippen molar-refractivity contribution < 1.29 is 19.2 Å². The van der Waals surface area contributed by atoms with Crippen LogP contribution in [0.3, 0.4) is 0 Å². The van der Waals surface area contributed by atoms with Crippen LogP contribution in [0, 0.1) is 16.0 Å². The quantitative estimate of drug-likeness (QED) is 0.403. The molecule has 1 aliphatic rings. The molecule has 1 fully saturated rings. The second-order valence-electron chi connectivity index (χ2n) is 6.97. The fraction of sp³-hybridized carbons (Fsp3) is 0.333. The third kappa shape index (κ3) is 5.32. The number of carbonyl (C=O) groups is 2. The molecule has 0 saturated heterocycles. The highest BCUT2D eigenvalue weighted by molar-refractivity contribution is 6.34. The number of amides is 1. The van der Waals surface area contributed by atoms with Crippen molar-refractivity contribution in [1.82, 2.24) is 0 Å². The number of anilines is 1. The number of nitro groups is 1. The normalized spacial score (nSPS) is 15.3.